The van der Waals surface area contributed by atoms with Gasteiger partial charge in [-0.05, 0) is 70.1 Å². The van der Waals surface area contributed by atoms with Crippen molar-refractivity contribution >= 4 is 69.7 Å². The van der Waals surface area contributed by atoms with Crippen molar-refractivity contribution in [3.63, 3.8) is 0 Å². The summed E-state index contributed by atoms with van der Waals surface area (Å²) in [6.45, 7) is 6.35. The molecule has 0 atom stereocenters. The standard InChI is InChI=1S/C15H19I2N6OPS/c1-11(2)23-10-18-20-14(23)12-4-3-5-13(19-12)22-7-6-21(15(22)24)8-9-26-25(16)17/h3-5,10-11H,6-9H2,1-2H3. The van der Waals surface area contributed by atoms with Crippen molar-refractivity contribution in [2.45, 2.75) is 19.9 Å². The molecule has 0 saturated carbocycles. The quantitative estimate of drug-likeness (QED) is 0.324. The summed E-state index contributed by atoms with van der Waals surface area (Å²) >= 11 is 6.80. The monoisotopic (exact) mass is 616 g/mol. The van der Waals surface area contributed by atoms with Crippen LogP contribution in [0.1, 0.15) is 19.9 Å². The SMILES string of the molecule is CC(C)n1cnnc1-c1cccc(N2CCN(CCSP(I)I)C2=O)n1. The van der Waals surface area contributed by atoms with Crippen molar-refractivity contribution in [2.24, 2.45) is 0 Å². The molecule has 11 heteroatoms. The molecule has 0 unspecified atom stereocenters. The average Bonchev–Trinajstić information content (AvgIpc) is 3.22. The summed E-state index contributed by atoms with van der Waals surface area (Å²) in [4.78, 5) is 21.1. The Hall–Kier alpha value is -0.200. The zero-order valence-electron chi connectivity index (χ0n) is 14.4. The number of hydrogen-bond donors (Lipinski definition) is 0. The Balaban J connectivity index is 1.74. The maximum absolute atomic E-state index is 12.7. The van der Waals surface area contributed by atoms with Gasteiger partial charge in [-0.2, -0.15) is 0 Å². The maximum Gasteiger partial charge on any atom is 0.325 e. The molecule has 1 fully saturated rings. The molecule has 0 N–H and O–H groups in total. The summed E-state index contributed by atoms with van der Waals surface area (Å²) < 4.78 is 1.93. The van der Waals surface area contributed by atoms with E-state index in [1.165, 1.54) is 0 Å². The van der Waals surface area contributed by atoms with Crippen molar-refractivity contribution < 1.29 is 4.79 Å². The molecule has 140 valence electrons. The summed E-state index contributed by atoms with van der Waals surface area (Å²) in [7, 11) is 0. The molecule has 0 aromatic carbocycles. The molecule has 0 spiro atoms. The Morgan fingerprint density at radius 2 is 2.12 bits per heavy atom. The third-order valence-electron chi connectivity index (χ3n) is 4.01. The number of carbonyl (C=O) groups excluding carboxylic acids is 1. The number of hydrogen-bond acceptors (Lipinski definition) is 5. The second-order valence-corrected chi connectivity index (χ2v) is 24.2. The van der Waals surface area contributed by atoms with Crippen molar-refractivity contribution in [1.82, 2.24) is 24.6 Å². The van der Waals surface area contributed by atoms with Crippen LogP contribution in [0, 0.1) is 0 Å². The van der Waals surface area contributed by atoms with Crippen LogP contribution in [0.25, 0.3) is 11.5 Å². The third kappa shape index (κ3) is 4.79. The predicted octanol–water partition coefficient (Wildman–Crippen LogP) is 4.99. The molecule has 0 bridgehead atoms. The summed E-state index contributed by atoms with van der Waals surface area (Å²) in [6.07, 6.45) is 1.71. The molecule has 0 radical (unpaired) electrons. The lowest BCUT2D eigenvalue weighted by atomic mass is 10.3. The Morgan fingerprint density at radius 3 is 2.85 bits per heavy atom. The van der Waals surface area contributed by atoms with Crippen LogP contribution in [-0.4, -0.2) is 56.1 Å². The minimum Gasteiger partial charge on any atom is -0.322 e. The van der Waals surface area contributed by atoms with Crippen LogP contribution in [0.5, 0.6) is 0 Å². The Labute approximate surface area is 184 Å². The first kappa shape index (κ1) is 20.5. The van der Waals surface area contributed by atoms with E-state index in [1.54, 1.807) is 11.2 Å². The highest BCUT2D eigenvalue weighted by atomic mass is 127. The van der Waals surface area contributed by atoms with Crippen molar-refractivity contribution in [2.75, 3.05) is 30.3 Å². The number of nitrogens with zero attached hydrogens (tertiary/aromatic N) is 6. The first-order valence-electron chi connectivity index (χ1n) is 8.15. The van der Waals surface area contributed by atoms with Gasteiger partial charge >= 0.3 is 6.03 Å². The summed E-state index contributed by atoms with van der Waals surface area (Å²) in [5.41, 5.74) is 0.732. The highest BCUT2D eigenvalue weighted by Gasteiger charge is 2.30. The van der Waals surface area contributed by atoms with Gasteiger partial charge in [0.25, 0.3) is 0 Å². The molecule has 3 heterocycles. The van der Waals surface area contributed by atoms with Crippen molar-refractivity contribution in [1.29, 1.82) is 0 Å². The van der Waals surface area contributed by atoms with E-state index in [0.29, 0.717) is 12.4 Å². The summed E-state index contributed by atoms with van der Waals surface area (Å²) in [5, 5.41) is 8.20. The van der Waals surface area contributed by atoms with Crippen LogP contribution in [0.15, 0.2) is 24.5 Å². The fourth-order valence-corrected chi connectivity index (χ4v) is 7.37. The van der Waals surface area contributed by atoms with Gasteiger partial charge in [-0.1, -0.05) is 6.07 Å². The largest absolute Gasteiger partial charge is 0.325 e. The number of carbonyl (C=O) groups is 1. The number of anilines is 1. The van der Waals surface area contributed by atoms with E-state index in [0.717, 1.165) is 30.4 Å². The van der Waals surface area contributed by atoms with Crippen LogP contribution >= 0.6 is 57.9 Å². The van der Waals surface area contributed by atoms with E-state index in [-0.39, 0.29) is 14.5 Å². The van der Waals surface area contributed by atoms with Crippen LogP contribution in [0.3, 0.4) is 0 Å². The first-order chi connectivity index (χ1) is 12.5. The minimum atomic E-state index is -0.0464. The van der Waals surface area contributed by atoms with Crippen molar-refractivity contribution in [3.8, 4) is 11.5 Å². The maximum atomic E-state index is 12.7. The third-order valence-corrected chi connectivity index (χ3v) is 10.7. The Kier molecular flexibility index (Phi) is 7.37. The number of rotatable bonds is 7. The van der Waals surface area contributed by atoms with Gasteiger partial charge in [-0.15, -0.1) is 21.6 Å². The molecular formula is C15H19I2N6OPS. The molecule has 1 aliphatic heterocycles. The lowest BCUT2D eigenvalue weighted by Crippen LogP contribution is -2.33. The lowest BCUT2D eigenvalue weighted by Gasteiger charge is -2.18. The van der Waals surface area contributed by atoms with E-state index in [4.69, 9.17) is 0 Å². The predicted molar refractivity (Wildman–Crippen MR) is 125 cm³/mol. The first-order valence-corrected chi connectivity index (χ1v) is 16.7. The minimum absolute atomic E-state index is 0.0341. The highest BCUT2D eigenvalue weighted by molar-refractivity contribution is 14.3. The van der Waals surface area contributed by atoms with E-state index in [2.05, 4.69) is 73.1 Å². The normalized spacial score (nSPS) is 14.9. The van der Waals surface area contributed by atoms with Gasteiger partial charge in [-0.3, -0.25) is 4.90 Å². The van der Waals surface area contributed by atoms with Gasteiger partial charge in [0.2, 0.25) is 0 Å². The van der Waals surface area contributed by atoms with E-state index in [9.17, 15) is 4.79 Å². The number of pyridine rings is 1. The van der Waals surface area contributed by atoms with Gasteiger partial charge in [0.15, 0.2) is 5.82 Å². The Morgan fingerprint density at radius 1 is 1.31 bits per heavy atom. The van der Waals surface area contributed by atoms with Gasteiger partial charge in [0.1, 0.15) is 17.8 Å². The van der Waals surface area contributed by atoms with Gasteiger partial charge in [0, 0.05) is 31.4 Å². The van der Waals surface area contributed by atoms with Crippen LogP contribution in [-0.2, 0) is 0 Å². The second kappa shape index (κ2) is 9.33. The zero-order chi connectivity index (χ0) is 18.7. The zero-order valence-corrected chi connectivity index (χ0v) is 20.4. The van der Waals surface area contributed by atoms with E-state index in [1.807, 2.05) is 39.0 Å². The second-order valence-electron chi connectivity index (χ2n) is 5.99. The topological polar surface area (TPSA) is 67.2 Å². The van der Waals surface area contributed by atoms with E-state index < -0.39 is 0 Å². The van der Waals surface area contributed by atoms with Gasteiger partial charge < -0.3 is 9.47 Å². The molecule has 1 saturated heterocycles. The number of urea groups is 1. The molecule has 7 nitrogen and oxygen atoms in total. The van der Waals surface area contributed by atoms with Gasteiger partial charge in [-0.25, -0.2) is 9.78 Å². The van der Waals surface area contributed by atoms with E-state index >= 15 is 0 Å². The average molecular weight is 616 g/mol. The van der Waals surface area contributed by atoms with Crippen molar-refractivity contribution in [3.05, 3.63) is 24.5 Å². The van der Waals surface area contributed by atoms with Crippen LogP contribution < -0.4 is 4.90 Å². The molecule has 3 rings (SSSR count). The molecule has 0 aliphatic carbocycles. The summed E-state index contributed by atoms with van der Waals surface area (Å²) in [5.74, 6) is 2.37. The molecule has 26 heavy (non-hydrogen) atoms. The summed E-state index contributed by atoms with van der Waals surface area (Å²) in [6, 6.07) is 5.98. The molecule has 1 aliphatic rings. The van der Waals surface area contributed by atoms with Crippen LogP contribution in [0.4, 0.5) is 10.6 Å². The molecular weight excluding hydrogens is 597 g/mol. The lowest BCUT2D eigenvalue weighted by molar-refractivity contribution is 0.223. The highest BCUT2D eigenvalue weighted by Crippen LogP contribution is 2.64. The smallest absolute Gasteiger partial charge is 0.322 e. The molecule has 2 amide bonds. The van der Waals surface area contributed by atoms with Crippen LogP contribution in [0.2, 0.25) is 0 Å². The molecule has 2 aromatic rings. The fraction of sp³-hybridized carbons (Fsp3) is 0.467. The molecule has 2 aromatic heterocycles. The van der Waals surface area contributed by atoms with Gasteiger partial charge in [0.05, 0.1) is 2.41 Å². The Bertz CT molecular complexity index is 774. The number of halogens is 2. The number of aromatic nitrogens is 4. The number of amides is 2. The fourth-order valence-electron chi connectivity index (χ4n) is 2.72.